The molecule has 1 fully saturated rings. The number of likely N-dealkylation sites (tertiary alicyclic amines) is 1. The van der Waals surface area contributed by atoms with Crippen LogP contribution in [0.1, 0.15) is 45.9 Å². The van der Waals surface area contributed by atoms with E-state index in [0.29, 0.717) is 12.0 Å². The number of carbonyl (C=O) groups excluding carboxylic acids is 1. The lowest BCUT2D eigenvalue weighted by atomic mass is 9.90. The van der Waals surface area contributed by atoms with Gasteiger partial charge in [-0.05, 0) is 33.6 Å². The van der Waals surface area contributed by atoms with Gasteiger partial charge < -0.3 is 19.5 Å². The molecule has 1 amide bonds. The molecule has 6 heteroatoms. The van der Waals surface area contributed by atoms with Crippen molar-refractivity contribution in [1.29, 1.82) is 0 Å². The van der Waals surface area contributed by atoms with Gasteiger partial charge in [0, 0.05) is 37.8 Å². The van der Waals surface area contributed by atoms with Gasteiger partial charge in [0.25, 0.3) is 0 Å². The van der Waals surface area contributed by atoms with E-state index in [2.05, 4.69) is 28.0 Å². The molecule has 0 radical (unpaired) electrons. The lowest BCUT2D eigenvalue weighted by Gasteiger charge is -2.42. The molecule has 0 spiro atoms. The standard InChI is InChI=1S/C16H26N4O2/c1-5-12-10-20-13-6-7-19(15(21)22-16(2,3)4)9-11(13)8-17-14(20)18-12/h10-11,13H,5-9H2,1-4H3,(H,17,18). The highest BCUT2D eigenvalue weighted by Crippen LogP contribution is 2.35. The van der Waals surface area contributed by atoms with E-state index in [9.17, 15) is 4.79 Å². The van der Waals surface area contributed by atoms with Gasteiger partial charge in [-0.3, -0.25) is 0 Å². The zero-order chi connectivity index (χ0) is 15.9. The summed E-state index contributed by atoms with van der Waals surface area (Å²) in [6.07, 6.45) is 3.86. The second kappa shape index (κ2) is 5.48. The summed E-state index contributed by atoms with van der Waals surface area (Å²) in [5, 5.41) is 3.40. The van der Waals surface area contributed by atoms with Crippen LogP contribution in [0.5, 0.6) is 0 Å². The molecular weight excluding hydrogens is 280 g/mol. The van der Waals surface area contributed by atoms with Crippen molar-refractivity contribution in [1.82, 2.24) is 14.5 Å². The van der Waals surface area contributed by atoms with E-state index >= 15 is 0 Å². The van der Waals surface area contributed by atoms with Crippen LogP contribution in [0.25, 0.3) is 0 Å². The van der Waals surface area contributed by atoms with E-state index in [1.807, 2.05) is 25.7 Å². The molecule has 6 nitrogen and oxygen atoms in total. The molecule has 2 atom stereocenters. The molecule has 2 aliphatic rings. The van der Waals surface area contributed by atoms with Crippen molar-refractivity contribution in [3.05, 3.63) is 11.9 Å². The average Bonchev–Trinajstić information content (AvgIpc) is 2.88. The number of piperidine rings is 1. The van der Waals surface area contributed by atoms with E-state index in [-0.39, 0.29) is 6.09 Å². The molecular formula is C16H26N4O2. The van der Waals surface area contributed by atoms with Crippen molar-refractivity contribution in [2.75, 3.05) is 25.0 Å². The van der Waals surface area contributed by atoms with Gasteiger partial charge >= 0.3 is 6.09 Å². The zero-order valence-electron chi connectivity index (χ0n) is 13.9. The van der Waals surface area contributed by atoms with Crippen LogP contribution in [0.4, 0.5) is 10.7 Å². The second-order valence-corrected chi connectivity index (χ2v) is 7.24. The highest BCUT2D eigenvalue weighted by Gasteiger charge is 2.37. The maximum Gasteiger partial charge on any atom is 0.410 e. The van der Waals surface area contributed by atoms with Crippen molar-refractivity contribution in [2.45, 2.75) is 52.2 Å². The largest absolute Gasteiger partial charge is 0.444 e. The average molecular weight is 306 g/mol. The van der Waals surface area contributed by atoms with E-state index in [4.69, 9.17) is 4.74 Å². The number of nitrogens with zero attached hydrogens (tertiary/aromatic N) is 3. The third kappa shape index (κ3) is 2.91. The first-order valence-corrected chi connectivity index (χ1v) is 8.17. The number of aryl methyl sites for hydroxylation is 1. The minimum atomic E-state index is -0.438. The lowest BCUT2D eigenvalue weighted by molar-refractivity contribution is 0.0115. The van der Waals surface area contributed by atoms with E-state index in [1.165, 1.54) is 0 Å². The van der Waals surface area contributed by atoms with Gasteiger partial charge in [-0.1, -0.05) is 6.92 Å². The predicted molar refractivity (Wildman–Crippen MR) is 85.0 cm³/mol. The summed E-state index contributed by atoms with van der Waals surface area (Å²) in [4.78, 5) is 18.7. The molecule has 1 N–H and O–H groups in total. The first-order valence-electron chi connectivity index (χ1n) is 8.17. The van der Waals surface area contributed by atoms with Crippen LogP contribution in [0.15, 0.2) is 6.20 Å². The Morgan fingerprint density at radius 2 is 2.27 bits per heavy atom. The Labute approximate surface area is 131 Å². The van der Waals surface area contributed by atoms with E-state index in [0.717, 1.165) is 44.1 Å². The van der Waals surface area contributed by atoms with Crippen molar-refractivity contribution in [3.8, 4) is 0 Å². The molecule has 0 aliphatic carbocycles. The summed E-state index contributed by atoms with van der Waals surface area (Å²) in [6.45, 7) is 10.2. The first kappa shape index (κ1) is 15.2. The van der Waals surface area contributed by atoms with Crippen LogP contribution in [-0.4, -0.2) is 45.8 Å². The number of imidazole rings is 1. The predicted octanol–water partition coefficient (Wildman–Crippen LogP) is 2.67. The van der Waals surface area contributed by atoms with Crippen molar-refractivity contribution in [2.24, 2.45) is 5.92 Å². The van der Waals surface area contributed by atoms with E-state index < -0.39 is 5.60 Å². The number of rotatable bonds is 1. The fourth-order valence-electron chi connectivity index (χ4n) is 3.30. The Morgan fingerprint density at radius 1 is 1.50 bits per heavy atom. The Bertz CT molecular complexity index is 561. The summed E-state index contributed by atoms with van der Waals surface area (Å²) in [5.41, 5.74) is 0.685. The van der Waals surface area contributed by atoms with Crippen molar-refractivity contribution >= 4 is 12.0 Å². The van der Waals surface area contributed by atoms with Crippen LogP contribution in [-0.2, 0) is 11.2 Å². The molecule has 1 saturated heterocycles. The second-order valence-electron chi connectivity index (χ2n) is 7.24. The van der Waals surface area contributed by atoms with Gasteiger partial charge in [0.1, 0.15) is 5.60 Å². The number of anilines is 1. The highest BCUT2D eigenvalue weighted by molar-refractivity contribution is 5.68. The van der Waals surface area contributed by atoms with Gasteiger partial charge in [-0.15, -0.1) is 0 Å². The van der Waals surface area contributed by atoms with Crippen molar-refractivity contribution in [3.63, 3.8) is 0 Å². The number of aromatic nitrogens is 2. The maximum atomic E-state index is 12.2. The Kier molecular flexibility index (Phi) is 3.78. The molecule has 3 heterocycles. The number of hydrogen-bond acceptors (Lipinski definition) is 4. The lowest BCUT2D eigenvalue weighted by Crippen LogP contribution is -2.49. The summed E-state index contributed by atoms with van der Waals surface area (Å²) < 4.78 is 7.76. The normalized spacial score (nSPS) is 24.3. The molecule has 22 heavy (non-hydrogen) atoms. The minimum absolute atomic E-state index is 0.198. The van der Waals surface area contributed by atoms with Crippen LogP contribution < -0.4 is 5.32 Å². The fraction of sp³-hybridized carbons (Fsp3) is 0.750. The molecule has 0 aromatic carbocycles. The SMILES string of the molecule is CCc1cn2c(n1)NCC1CN(C(=O)OC(C)(C)C)CCC12. The Morgan fingerprint density at radius 3 is 2.95 bits per heavy atom. The molecule has 0 bridgehead atoms. The Hall–Kier alpha value is -1.72. The number of hydrogen-bond donors (Lipinski definition) is 1. The minimum Gasteiger partial charge on any atom is -0.444 e. The molecule has 2 unspecified atom stereocenters. The van der Waals surface area contributed by atoms with Gasteiger partial charge in [0.15, 0.2) is 0 Å². The Balaban J connectivity index is 1.70. The molecule has 3 rings (SSSR count). The third-order valence-electron chi connectivity index (χ3n) is 4.37. The summed E-state index contributed by atoms with van der Waals surface area (Å²) in [7, 11) is 0. The van der Waals surface area contributed by atoms with Crippen molar-refractivity contribution < 1.29 is 9.53 Å². The maximum absolute atomic E-state index is 12.2. The highest BCUT2D eigenvalue weighted by atomic mass is 16.6. The summed E-state index contributed by atoms with van der Waals surface area (Å²) in [6, 6.07) is 0.433. The number of amides is 1. The van der Waals surface area contributed by atoms with Gasteiger partial charge in [0.2, 0.25) is 5.95 Å². The topological polar surface area (TPSA) is 59.4 Å². The van der Waals surface area contributed by atoms with Crippen LogP contribution in [0.3, 0.4) is 0 Å². The van der Waals surface area contributed by atoms with Gasteiger partial charge in [-0.25, -0.2) is 9.78 Å². The first-order chi connectivity index (χ1) is 10.4. The molecule has 122 valence electrons. The van der Waals surface area contributed by atoms with Crippen LogP contribution in [0, 0.1) is 5.92 Å². The number of fused-ring (bicyclic) bond motifs is 3. The van der Waals surface area contributed by atoms with Crippen LogP contribution in [0.2, 0.25) is 0 Å². The smallest absolute Gasteiger partial charge is 0.410 e. The molecule has 0 saturated carbocycles. The van der Waals surface area contributed by atoms with Gasteiger partial charge in [-0.2, -0.15) is 0 Å². The number of nitrogens with one attached hydrogen (secondary N) is 1. The zero-order valence-corrected chi connectivity index (χ0v) is 13.9. The van der Waals surface area contributed by atoms with Gasteiger partial charge in [0.05, 0.1) is 5.69 Å². The molecule has 1 aromatic rings. The monoisotopic (exact) mass is 306 g/mol. The fourth-order valence-corrected chi connectivity index (χ4v) is 3.30. The summed E-state index contributed by atoms with van der Waals surface area (Å²) in [5.74, 6) is 1.39. The number of carbonyl (C=O) groups is 1. The quantitative estimate of drug-likeness (QED) is 0.866. The number of ether oxygens (including phenoxy) is 1. The van der Waals surface area contributed by atoms with E-state index in [1.54, 1.807) is 0 Å². The van der Waals surface area contributed by atoms with Crippen LogP contribution >= 0.6 is 0 Å². The summed E-state index contributed by atoms with van der Waals surface area (Å²) >= 11 is 0. The molecule has 2 aliphatic heterocycles. The molecule has 1 aromatic heterocycles. The third-order valence-corrected chi connectivity index (χ3v) is 4.37.